The molecule has 0 bridgehead atoms. The third-order valence-corrected chi connectivity index (χ3v) is 7.27. The van der Waals surface area contributed by atoms with Crippen LogP contribution in [0, 0.1) is 5.92 Å². The van der Waals surface area contributed by atoms with Gasteiger partial charge in [-0.2, -0.15) is 4.31 Å². The van der Waals surface area contributed by atoms with Crippen molar-refractivity contribution >= 4 is 21.8 Å². The Bertz CT molecular complexity index is 773. The summed E-state index contributed by atoms with van der Waals surface area (Å²) in [4.78, 5) is 26.3. The minimum Gasteiger partial charge on any atom is -0.352 e. The fourth-order valence-corrected chi connectivity index (χ4v) is 4.67. The number of rotatable bonds is 6. The maximum absolute atomic E-state index is 12.4. The van der Waals surface area contributed by atoms with Crippen LogP contribution in [-0.4, -0.2) is 60.4 Å². The molecular formula is C18H25N3O4S. The summed E-state index contributed by atoms with van der Waals surface area (Å²) in [5.41, 5.74) is 1.01. The van der Waals surface area contributed by atoms with E-state index < -0.39 is 15.3 Å². The van der Waals surface area contributed by atoms with Gasteiger partial charge in [0.25, 0.3) is 0 Å². The molecular weight excluding hydrogens is 354 g/mol. The first-order valence-electron chi connectivity index (χ1n) is 8.89. The van der Waals surface area contributed by atoms with Gasteiger partial charge in [0.05, 0.1) is 17.2 Å². The molecule has 1 aromatic carbocycles. The third-order valence-electron chi connectivity index (χ3n) is 5.06. The molecule has 1 N–H and O–H groups in total. The zero-order valence-corrected chi connectivity index (χ0v) is 15.9. The van der Waals surface area contributed by atoms with Crippen molar-refractivity contribution in [3.8, 4) is 0 Å². The molecule has 0 aromatic heterocycles. The van der Waals surface area contributed by atoms with E-state index in [0.717, 1.165) is 5.56 Å². The minimum absolute atomic E-state index is 0.0727. The van der Waals surface area contributed by atoms with Crippen LogP contribution in [-0.2, 0) is 26.2 Å². The standard InChI is InChI=1S/C18H25N3O4S/c1-13(2)26(24,25)20-11-16(12-20)21-10-15(8-17(21)22)18(23)19-9-14-6-4-3-5-7-14/h3-7,13,15-16H,8-12H2,1-2H3,(H,19,23). The highest BCUT2D eigenvalue weighted by molar-refractivity contribution is 7.89. The van der Waals surface area contributed by atoms with Gasteiger partial charge in [0.1, 0.15) is 0 Å². The second-order valence-electron chi connectivity index (χ2n) is 7.22. The Hall–Kier alpha value is -1.93. The molecule has 1 atom stereocenters. The Balaban J connectivity index is 1.51. The monoisotopic (exact) mass is 379 g/mol. The minimum atomic E-state index is -3.27. The fourth-order valence-electron chi connectivity index (χ4n) is 3.31. The summed E-state index contributed by atoms with van der Waals surface area (Å²) in [6, 6.07) is 9.49. The van der Waals surface area contributed by atoms with Crippen LogP contribution in [0.5, 0.6) is 0 Å². The quantitative estimate of drug-likeness (QED) is 0.783. The predicted molar refractivity (Wildman–Crippen MR) is 97.5 cm³/mol. The molecule has 0 spiro atoms. The number of benzene rings is 1. The van der Waals surface area contributed by atoms with Crippen molar-refractivity contribution in [1.82, 2.24) is 14.5 Å². The van der Waals surface area contributed by atoms with Crippen molar-refractivity contribution in [1.29, 1.82) is 0 Å². The molecule has 1 aromatic rings. The summed E-state index contributed by atoms with van der Waals surface area (Å²) in [7, 11) is -3.27. The molecule has 0 aliphatic carbocycles. The number of sulfonamides is 1. The van der Waals surface area contributed by atoms with E-state index in [0.29, 0.717) is 26.2 Å². The van der Waals surface area contributed by atoms with Crippen LogP contribution in [0.2, 0.25) is 0 Å². The van der Waals surface area contributed by atoms with Crippen LogP contribution >= 0.6 is 0 Å². The number of likely N-dealkylation sites (tertiary alicyclic amines) is 1. The van der Waals surface area contributed by atoms with Crippen LogP contribution in [0.1, 0.15) is 25.8 Å². The Kier molecular flexibility index (Phi) is 5.34. The molecule has 2 aliphatic heterocycles. The number of nitrogens with one attached hydrogen (secondary N) is 1. The van der Waals surface area contributed by atoms with Crippen LogP contribution in [0.4, 0.5) is 0 Å². The molecule has 7 nitrogen and oxygen atoms in total. The Morgan fingerprint density at radius 3 is 2.46 bits per heavy atom. The van der Waals surface area contributed by atoms with E-state index in [1.165, 1.54) is 4.31 Å². The van der Waals surface area contributed by atoms with Gasteiger partial charge in [-0.1, -0.05) is 30.3 Å². The van der Waals surface area contributed by atoms with Crippen LogP contribution in [0.25, 0.3) is 0 Å². The lowest BCUT2D eigenvalue weighted by Gasteiger charge is -2.43. The van der Waals surface area contributed by atoms with E-state index in [-0.39, 0.29) is 30.2 Å². The SMILES string of the molecule is CC(C)S(=O)(=O)N1CC(N2CC(C(=O)NCc3ccccc3)CC2=O)C1. The van der Waals surface area contributed by atoms with Gasteiger partial charge in [-0.05, 0) is 19.4 Å². The molecule has 142 valence electrons. The van der Waals surface area contributed by atoms with Crippen molar-refractivity contribution < 1.29 is 18.0 Å². The first-order chi connectivity index (χ1) is 12.3. The summed E-state index contributed by atoms with van der Waals surface area (Å²) < 4.78 is 25.6. The molecule has 3 rings (SSSR count). The van der Waals surface area contributed by atoms with E-state index in [1.807, 2.05) is 30.3 Å². The highest BCUT2D eigenvalue weighted by atomic mass is 32.2. The highest BCUT2D eigenvalue weighted by Gasteiger charge is 2.45. The van der Waals surface area contributed by atoms with Crippen LogP contribution < -0.4 is 5.32 Å². The van der Waals surface area contributed by atoms with Gasteiger partial charge in [0, 0.05) is 32.6 Å². The zero-order chi connectivity index (χ0) is 18.9. The smallest absolute Gasteiger partial charge is 0.225 e. The normalized spacial score (nSPS) is 21.9. The van der Waals surface area contributed by atoms with Crippen molar-refractivity contribution in [2.24, 2.45) is 5.92 Å². The third kappa shape index (κ3) is 3.76. The van der Waals surface area contributed by atoms with Gasteiger partial charge < -0.3 is 10.2 Å². The van der Waals surface area contributed by atoms with E-state index in [1.54, 1.807) is 18.7 Å². The van der Waals surface area contributed by atoms with Gasteiger partial charge >= 0.3 is 0 Å². The molecule has 0 saturated carbocycles. The average Bonchev–Trinajstić information content (AvgIpc) is 2.93. The summed E-state index contributed by atoms with van der Waals surface area (Å²) in [6.45, 7) is 4.75. The summed E-state index contributed by atoms with van der Waals surface area (Å²) >= 11 is 0. The maximum Gasteiger partial charge on any atom is 0.225 e. The summed E-state index contributed by atoms with van der Waals surface area (Å²) in [5, 5.41) is 2.42. The lowest BCUT2D eigenvalue weighted by molar-refractivity contribution is -0.132. The van der Waals surface area contributed by atoms with E-state index >= 15 is 0 Å². The Labute approximate surface area is 154 Å². The largest absolute Gasteiger partial charge is 0.352 e. The first-order valence-corrected chi connectivity index (χ1v) is 10.4. The highest BCUT2D eigenvalue weighted by Crippen LogP contribution is 2.27. The number of amides is 2. The molecule has 0 radical (unpaired) electrons. The first kappa shape index (κ1) is 18.8. The molecule has 1 unspecified atom stereocenters. The predicted octanol–water partition coefficient (Wildman–Crippen LogP) is 0.574. The number of carbonyl (C=O) groups excluding carboxylic acids is 2. The van der Waals surface area contributed by atoms with Gasteiger partial charge in [-0.15, -0.1) is 0 Å². The number of nitrogens with zero attached hydrogens (tertiary/aromatic N) is 2. The van der Waals surface area contributed by atoms with Crippen LogP contribution in [0.15, 0.2) is 30.3 Å². The van der Waals surface area contributed by atoms with Crippen molar-refractivity contribution in [2.75, 3.05) is 19.6 Å². The van der Waals surface area contributed by atoms with Gasteiger partial charge in [0.15, 0.2) is 0 Å². The fraction of sp³-hybridized carbons (Fsp3) is 0.556. The number of hydrogen-bond donors (Lipinski definition) is 1. The molecule has 2 heterocycles. The molecule has 2 fully saturated rings. The van der Waals surface area contributed by atoms with E-state index in [4.69, 9.17) is 0 Å². The van der Waals surface area contributed by atoms with Gasteiger partial charge in [-0.3, -0.25) is 9.59 Å². The second kappa shape index (κ2) is 7.36. The Morgan fingerprint density at radius 2 is 1.85 bits per heavy atom. The number of hydrogen-bond acceptors (Lipinski definition) is 4. The average molecular weight is 379 g/mol. The maximum atomic E-state index is 12.4. The summed E-state index contributed by atoms with van der Waals surface area (Å²) in [5.74, 6) is -0.575. The Morgan fingerprint density at radius 1 is 1.19 bits per heavy atom. The van der Waals surface area contributed by atoms with Crippen molar-refractivity contribution in [3.63, 3.8) is 0 Å². The zero-order valence-electron chi connectivity index (χ0n) is 15.1. The van der Waals surface area contributed by atoms with Crippen molar-refractivity contribution in [2.45, 2.75) is 38.1 Å². The van der Waals surface area contributed by atoms with Crippen molar-refractivity contribution in [3.05, 3.63) is 35.9 Å². The topological polar surface area (TPSA) is 86.8 Å². The molecule has 2 aliphatic rings. The molecule has 8 heteroatoms. The van der Waals surface area contributed by atoms with E-state index in [2.05, 4.69) is 5.32 Å². The van der Waals surface area contributed by atoms with Gasteiger partial charge in [0.2, 0.25) is 21.8 Å². The molecule has 26 heavy (non-hydrogen) atoms. The molecule has 2 amide bonds. The summed E-state index contributed by atoms with van der Waals surface area (Å²) in [6.07, 6.45) is 0.189. The van der Waals surface area contributed by atoms with Crippen LogP contribution in [0.3, 0.4) is 0 Å². The second-order valence-corrected chi connectivity index (χ2v) is 9.70. The number of carbonyl (C=O) groups is 2. The lowest BCUT2D eigenvalue weighted by atomic mass is 10.1. The van der Waals surface area contributed by atoms with Gasteiger partial charge in [-0.25, -0.2) is 8.42 Å². The van der Waals surface area contributed by atoms with E-state index in [9.17, 15) is 18.0 Å². The lowest BCUT2D eigenvalue weighted by Crippen LogP contribution is -2.62. The molecule has 2 saturated heterocycles.